The summed E-state index contributed by atoms with van der Waals surface area (Å²) in [5, 5.41) is 7.60. The topological polar surface area (TPSA) is 60.2 Å². The summed E-state index contributed by atoms with van der Waals surface area (Å²) in [6.45, 7) is 7.54. The van der Waals surface area contributed by atoms with E-state index in [1.54, 1.807) is 7.11 Å². The van der Waals surface area contributed by atoms with Gasteiger partial charge in [0.1, 0.15) is 5.60 Å². The van der Waals surface area contributed by atoms with E-state index in [9.17, 15) is 0 Å². The molecular weight excluding hydrogens is 266 g/mol. The van der Waals surface area contributed by atoms with Gasteiger partial charge in [0, 0.05) is 19.6 Å². The molecule has 120 valence electrons. The van der Waals surface area contributed by atoms with Crippen LogP contribution in [0.5, 0.6) is 0 Å². The smallest absolute Gasteiger partial charge is 0.226 e. The van der Waals surface area contributed by atoms with Crippen molar-refractivity contribution in [1.82, 2.24) is 15.5 Å². The zero-order valence-electron chi connectivity index (χ0n) is 13.8. The van der Waals surface area contributed by atoms with Gasteiger partial charge in [0.2, 0.25) is 11.7 Å². The zero-order valence-corrected chi connectivity index (χ0v) is 13.8. The van der Waals surface area contributed by atoms with Crippen LogP contribution in [0.1, 0.15) is 64.6 Å². The summed E-state index contributed by atoms with van der Waals surface area (Å²) in [6, 6.07) is 0.517. The Morgan fingerprint density at radius 1 is 1.48 bits per heavy atom. The maximum atomic E-state index is 5.81. The van der Waals surface area contributed by atoms with Crippen LogP contribution in [0.2, 0.25) is 0 Å². The lowest BCUT2D eigenvalue weighted by atomic mass is 9.78. The summed E-state index contributed by atoms with van der Waals surface area (Å²) in [6.07, 6.45) is 6.23. The van der Waals surface area contributed by atoms with Crippen LogP contribution in [0.25, 0.3) is 0 Å². The van der Waals surface area contributed by atoms with Crippen molar-refractivity contribution in [3.05, 3.63) is 11.7 Å². The molecule has 1 aliphatic rings. The normalized spacial score (nSPS) is 26.4. The predicted molar refractivity (Wildman–Crippen MR) is 82.1 cm³/mol. The highest BCUT2D eigenvalue weighted by atomic mass is 16.5. The van der Waals surface area contributed by atoms with Crippen molar-refractivity contribution in [2.24, 2.45) is 5.92 Å². The van der Waals surface area contributed by atoms with Gasteiger partial charge < -0.3 is 14.6 Å². The SMILES string of the molecule is COC1(c2noc(CCCNC(C)C)n2)CCCC(C)C1. The minimum absolute atomic E-state index is 0.338. The molecule has 2 unspecified atom stereocenters. The van der Waals surface area contributed by atoms with Crippen molar-refractivity contribution in [3.8, 4) is 0 Å². The van der Waals surface area contributed by atoms with Gasteiger partial charge in [0.15, 0.2) is 0 Å². The number of ether oxygens (including phenoxy) is 1. The number of rotatable bonds is 7. The quantitative estimate of drug-likeness (QED) is 0.783. The van der Waals surface area contributed by atoms with Crippen molar-refractivity contribution in [2.45, 2.75) is 70.9 Å². The van der Waals surface area contributed by atoms with Gasteiger partial charge in [-0.1, -0.05) is 32.3 Å². The molecular formula is C16H29N3O2. The molecule has 0 bridgehead atoms. The summed E-state index contributed by atoms with van der Waals surface area (Å²) in [5.74, 6) is 2.12. The Kier molecular flexibility index (Phi) is 5.76. The average molecular weight is 295 g/mol. The minimum atomic E-state index is -0.338. The highest BCUT2D eigenvalue weighted by molar-refractivity contribution is 5.04. The van der Waals surface area contributed by atoms with Gasteiger partial charge in [0.05, 0.1) is 0 Å². The highest BCUT2D eigenvalue weighted by Crippen LogP contribution is 2.41. The van der Waals surface area contributed by atoms with Crippen LogP contribution >= 0.6 is 0 Å². The molecule has 0 saturated heterocycles. The molecule has 0 spiro atoms. The van der Waals surface area contributed by atoms with E-state index in [1.807, 2.05) is 0 Å². The third kappa shape index (κ3) is 4.27. The molecule has 5 heteroatoms. The summed E-state index contributed by atoms with van der Waals surface area (Å²) < 4.78 is 11.2. The predicted octanol–water partition coefficient (Wildman–Crippen LogP) is 3.05. The van der Waals surface area contributed by atoms with E-state index >= 15 is 0 Å². The number of aryl methyl sites for hydroxylation is 1. The second-order valence-corrected chi connectivity index (χ2v) is 6.62. The van der Waals surface area contributed by atoms with Crippen LogP contribution in [-0.2, 0) is 16.8 Å². The van der Waals surface area contributed by atoms with Gasteiger partial charge in [-0.3, -0.25) is 0 Å². The molecule has 0 amide bonds. The minimum Gasteiger partial charge on any atom is -0.370 e. The number of nitrogens with one attached hydrogen (secondary N) is 1. The molecule has 2 atom stereocenters. The molecule has 0 radical (unpaired) electrons. The Hall–Kier alpha value is -0.940. The van der Waals surface area contributed by atoms with E-state index in [-0.39, 0.29) is 5.60 Å². The third-order valence-corrected chi connectivity index (χ3v) is 4.34. The van der Waals surface area contributed by atoms with Crippen molar-refractivity contribution in [1.29, 1.82) is 0 Å². The molecule has 1 aromatic rings. The average Bonchev–Trinajstić information content (AvgIpc) is 2.92. The second kappa shape index (κ2) is 7.36. The van der Waals surface area contributed by atoms with Crippen LogP contribution < -0.4 is 5.32 Å². The molecule has 1 N–H and O–H groups in total. The summed E-state index contributed by atoms with van der Waals surface area (Å²) in [4.78, 5) is 4.60. The highest BCUT2D eigenvalue weighted by Gasteiger charge is 2.40. The summed E-state index contributed by atoms with van der Waals surface area (Å²) in [5.41, 5.74) is -0.338. The van der Waals surface area contributed by atoms with Crippen molar-refractivity contribution < 1.29 is 9.26 Å². The van der Waals surface area contributed by atoms with E-state index in [0.29, 0.717) is 12.0 Å². The molecule has 1 fully saturated rings. The molecule has 1 heterocycles. The van der Waals surface area contributed by atoms with E-state index in [0.717, 1.165) is 50.4 Å². The van der Waals surface area contributed by atoms with Crippen LogP contribution in [0.15, 0.2) is 4.52 Å². The van der Waals surface area contributed by atoms with Crippen molar-refractivity contribution in [3.63, 3.8) is 0 Å². The largest absolute Gasteiger partial charge is 0.370 e. The molecule has 1 aliphatic carbocycles. The van der Waals surface area contributed by atoms with Crippen LogP contribution in [0.3, 0.4) is 0 Å². The van der Waals surface area contributed by atoms with Gasteiger partial charge in [-0.15, -0.1) is 0 Å². The fraction of sp³-hybridized carbons (Fsp3) is 0.875. The number of hydrogen-bond acceptors (Lipinski definition) is 5. The molecule has 21 heavy (non-hydrogen) atoms. The summed E-state index contributed by atoms with van der Waals surface area (Å²) in [7, 11) is 1.76. The second-order valence-electron chi connectivity index (χ2n) is 6.62. The van der Waals surface area contributed by atoms with Gasteiger partial charge in [-0.2, -0.15) is 4.98 Å². The Morgan fingerprint density at radius 3 is 2.95 bits per heavy atom. The standard InChI is InChI=1S/C16H29N3O2/c1-12(2)17-10-6-8-14-18-15(19-21-14)16(20-4)9-5-7-13(3)11-16/h12-13,17H,5-11H2,1-4H3. The van der Waals surface area contributed by atoms with E-state index < -0.39 is 0 Å². The van der Waals surface area contributed by atoms with Crippen LogP contribution in [0, 0.1) is 5.92 Å². The fourth-order valence-electron chi connectivity index (χ4n) is 3.15. The number of nitrogens with zero attached hydrogens (tertiary/aromatic N) is 2. The first-order valence-corrected chi connectivity index (χ1v) is 8.17. The van der Waals surface area contributed by atoms with Gasteiger partial charge in [0.25, 0.3) is 0 Å². The molecule has 0 aromatic carbocycles. The summed E-state index contributed by atoms with van der Waals surface area (Å²) >= 11 is 0. The molecule has 0 aliphatic heterocycles. The lowest BCUT2D eigenvalue weighted by molar-refractivity contribution is -0.0658. The van der Waals surface area contributed by atoms with Crippen LogP contribution in [0.4, 0.5) is 0 Å². The lowest BCUT2D eigenvalue weighted by Crippen LogP contribution is -2.35. The molecule has 1 aromatic heterocycles. The van der Waals surface area contributed by atoms with E-state index in [2.05, 4.69) is 36.2 Å². The first kappa shape index (κ1) is 16.4. The van der Waals surface area contributed by atoms with E-state index in [1.165, 1.54) is 6.42 Å². The first-order valence-electron chi connectivity index (χ1n) is 8.17. The Morgan fingerprint density at radius 2 is 2.29 bits per heavy atom. The van der Waals surface area contributed by atoms with Crippen LogP contribution in [-0.4, -0.2) is 29.8 Å². The molecule has 2 rings (SSSR count). The number of hydrogen-bond donors (Lipinski definition) is 1. The maximum absolute atomic E-state index is 5.81. The van der Waals surface area contributed by atoms with Gasteiger partial charge in [-0.05, 0) is 38.1 Å². The monoisotopic (exact) mass is 295 g/mol. The van der Waals surface area contributed by atoms with Crippen molar-refractivity contribution >= 4 is 0 Å². The molecule has 1 saturated carbocycles. The molecule has 5 nitrogen and oxygen atoms in total. The zero-order chi connectivity index (χ0) is 15.3. The third-order valence-electron chi connectivity index (χ3n) is 4.34. The Bertz CT molecular complexity index is 433. The van der Waals surface area contributed by atoms with Crippen molar-refractivity contribution in [2.75, 3.05) is 13.7 Å². The fourth-order valence-corrected chi connectivity index (χ4v) is 3.15. The Labute approximate surface area is 127 Å². The lowest BCUT2D eigenvalue weighted by Gasteiger charge is -2.36. The van der Waals surface area contributed by atoms with Gasteiger partial charge in [-0.25, -0.2) is 0 Å². The first-order chi connectivity index (χ1) is 10.1. The maximum Gasteiger partial charge on any atom is 0.226 e. The van der Waals surface area contributed by atoms with E-state index in [4.69, 9.17) is 9.26 Å². The number of methoxy groups -OCH3 is 1. The van der Waals surface area contributed by atoms with Gasteiger partial charge >= 0.3 is 0 Å². The Balaban J connectivity index is 1.94. The number of aromatic nitrogens is 2.